The maximum Gasteiger partial charge on any atom is 0.188 e. The number of aliphatic hydroxyl groups is 1. The van der Waals surface area contributed by atoms with Crippen LogP contribution in [0.15, 0.2) is 17.6 Å². The Kier molecular flexibility index (Phi) is 4.97. The van der Waals surface area contributed by atoms with Gasteiger partial charge in [-0.15, -0.1) is 11.3 Å². The monoisotopic (exact) mass is 319 g/mol. The van der Waals surface area contributed by atoms with Crippen LogP contribution in [-0.2, 0) is 0 Å². The fraction of sp³-hybridized carbons (Fsp3) is 0.533. The Balaban J connectivity index is 1.76. The average Bonchev–Trinajstić information content (AvgIpc) is 3.00. The highest BCUT2D eigenvalue weighted by atomic mass is 32.1. The second-order valence-corrected chi connectivity index (χ2v) is 6.47. The summed E-state index contributed by atoms with van der Waals surface area (Å²) in [4.78, 5) is 15.8. The summed E-state index contributed by atoms with van der Waals surface area (Å²) in [6.07, 6.45) is 4.00. The molecule has 3 heterocycles. The molecule has 6 nitrogen and oxygen atoms in total. The summed E-state index contributed by atoms with van der Waals surface area (Å²) in [5, 5.41) is 15.1. The second kappa shape index (κ2) is 7.13. The molecule has 2 N–H and O–H groups in total. The van der Waals surface area contributed by atoms with Crippen LogP contribution < -0.4 is 5.32 Å². The van der Waals surface area contributed by atoms with Crippen LogP contribution in [0.4, 0.5) is 10.9 Å². The Morgan fingerprint density at radius 1 is 1.45 bits per heavy atom. The molecule has 7 heteroatoms. The first-order chi connectivity index (χ1) is 10.7. The number of hydrogen-bond acceptors (Lipinski definition) is 7. The zero-order valence-electron chi connectivity index (χ0n) is 12.7. The third-order valence-electron chi connectivity index (χ3n) is 3.83. The third kappa shape index (κ3) is 3.79. The first kappa shape index (κ1) is 15.3. The molecule has 0 radical (unpaired) electrons. The lowest BCUT2D eigenvalue weighted by atomic mass is 9.97. The number of hydrogen-bond donors (Lipinski definition) is 2. The van der Waals surface area contributed by atoms with E-state index >= 15 is 0 Å². The summed E-state index contributed by atoms with van der Waals surface area (Å²) in [5.41, 5.74) is 0.961. The molecule has 0 aliphatic carbocycles. The highest BCUT2D eigenvalue weighted by molar-refractivity contribution is 7.13. The lowest BCUT2D eigenvalue weighted by Crippen LogP contribution is -2.36. The first-order valence-corrected chi connectivity index (χ1v) is 8.48. The Hall–Kier alpha value is -1.57. The lowest BCUT2D eigenvalue weighted by Gasteiger charge is -2.31. The maximum atomic E-state index is 9.12. The van der Waals surface area contributed by atoms with Gasteiger partial charge in [0.2, 0.25) is 0 Å². The van der Waals surface area contributed by atoms with Crippen LogP contribution in [0.2, 0.25) is 0 Å². The normalized spacial score (nSPS) is 19.3. The first-order valence-electron chi connectivity index (χ1n) is 7.60. The Morgan fingerprint density at radius 3 is 3.14 bits per heavy atom. The van der Waals surface area contributed by atoms with E-state index in [-0.39, 0.29) is 6.61 Å². The van der Waals surface area contributed by atoms with Crippen LogP contribution in [0.1, 0.15) is 30.3 Å². The molecule has 1 aliphatic heterocycles. The molecule has 0 bridgehead atoms. The largest absolute Gasteiger partial charge is 0.395 e. The minimum atomic E-state index is 0.207. The van der Waals surface area contributed by atoms with Crippen molar-refractivity contribution in [3.05, 3.63) is 29.2 Å². The topological polar surface area (TPSA) is 74.2 Å². The maximum absolute atomic E-state index is 9.12. The summed E-state index contributed by atoms with van der Waals surface area (Å²) < 4.78 is 0. The molecule has 1 saturated heterocycles. The predicted octanol–water partition coefficient (Wildman–Crippen LogP) is 2.16. The van der Waals surface area contributed by atoms with E-state index in [1.807, 2.05) is 18.4 Å². The average molecular weight is 319 g/mol. The molecule has 1 unspecified atom stereocenters. The van der Waals surface area contributed by atoms with Gasteiger partial charge in [0, 0.05) is 42.3 Å². The van der Waals surface area contributed by atoms with Crippen LogP contribution in [0.25, 0.3) is 0 Å². The van der Waals surface area contributed by atoms with Crippen LogP contribution in [0.5, 0.6) is 0 Å². The molecule has 1 atom stereocenters. The Bertz CT molecular complexity index is 602. The van der Waals surface area contributed by atoms with Crippen molar-refractivity contribution in [2.24, 2.45) is 0 Å². The standard InChI is InChI=1S/C15H21N5OS/c1-11-9-13(19-15-16-4-8-22-15)18-14(17-11)12-3-2-5-20(10-12)6-7-21/h4,8-9,12,21H,2-3,5-7,10H2,1H3,(H,16,17,18,19). The van der Waals surface area contributed by atoms with Gasteiger partial charge >= 0.3 is 0 Å². The summed E-state index contributed by atoms with van der Waals surface area (Å²) in [6, 6.07) is 1.94. The van der Waals surface area contributed by atoms with Gasteiger partial charge in [-0.3, -0.25) is 0 Å². The van der Waals surface area contributed by atoms with Crippen molar-refractivity contribution in [1.82, 2.24) is 19.9 Å². The predicted molar refractivity (Wildman–Crippen MR) is 87.7 cm³/mol. The molecule has 0 saturated carbocycles. The Morgan fingerprint density at radius 2 is 2.36 bits per heavy atom. The van der Waals surface area contributed by atoms with Gasteiger partial charge in [-0.05, 0) is 26.3 Å². The van der Waals surface area contributed by atoms with E-state index in [0.717, 1.165) is 54.9 Å². The molecule has 118 valence electrons. The van der Waals surface area contributed by atoms with Crippen molar-refractivity contribution in [3.63, 3.8) is 0 Å². The van der Waals surface area contributed by atoms with Gasteiger partial charge in [0.25, 0.3) is 0 Å². The molecule has 22 heavy (non-hydrogen) atoms. The van der Waals surface area contributed by atoms with Crippen LogP contribution >= 0.6 is 11.3 Å². The highest BCUT2D eigenvalue weighted by Gasteiger charge is 2.23. The van der Waals surface area contributed by atoms with E-state index < -0.39 is 0 Å². The smallest absolute Gasteiger partial charge is 0.188 e. The van der Waals surface area contributed by atoms with E-state index in [0.29, 0.717) is 5.92 Å². The number of rotatable bonds is 5. The van der Waals surface area contributed by atoms with Crippen LogP contribution in [0.3, 0.4) is 0 Å². The van der Waals surface area contributed by atoms with Crippen molar-refractivity contribution in [2.75, 3.05) is 31.6 Å². The number of nitrogens with zero attached hydrogens (tertiary/aromatic N) is 4. The molecule has 0 spiro atoms. The third-order valence-corrected chi connectivity index (χ3v) is 4.51. The van der Waals surface area contributed by atoms with Gasteiger partial charge in [-0.1, -0.05) is 0 Å². The number of nitrogens with one attached hydrogen (secondary N) is 1. The molecular weight excluding hydrogens is 298 g/mol. The summed E-state index contributed by atoms with van der Waals surface area (Å²) in [5.74, 6) is 2.02. The molecule has 0 aromatic carbocycles. The van der Waals surface area contributed by atoms with Crippen molar-refractivity contribution in [1.29, 1.82) is 0 Å². The number of thiazole rings is 1. The van der Waals surface area contributed by atoms with E-state index in [1.54, 1.807) is 17.5 Å². The zero-order valence-corrected chi connectivity index (χ0v) is 13.5. The van der Waals surface area contributed by atoms with Crippen LogP contribution in [0, 0.1) is 6.92 Å². The quantitative estimate of drug-likeness (QED) is 0.880. The number of anilines is 2. The second-order valence-electron chi connectivity index (χ2n) is 5.58. The number of piperidine rings is 1. The lowest BCUT2D eigenvalue weighted by molar-refractivity contribution is 0.159. The van der Waals surface area contributed by atoms with Gasteiger partial charge < -0.3 is 15.3 Å². The minimum Gasteiger partial charge on any atom is -0.395 e. The zero-order chi connectivity index (χ0) is 15.4. The van der Waals surface area contributed by atoms with Gasteiger partial charge in [0.15, 0.2) is 5.13 Å². The van der Waals surface area contributed by atoms with E-state index in [4.69, 9.17) is 5.11 Å². The molecule has 0 amide bonds. The van der Waals surface area contributed by atoms with E-state index in [1.165, 1.54) is 0 Å². The van der Waals surface area contributed by atoms with Crippen molar-refractivity contribution in [2.45, 2.75) is 25.7 Å². The minimum absolute atomic E-state index is 0.207. The number of aliphatic hydroxyl groups excluding tert-OH is 1. The molecule has 1 aliphatic rings. The van der Waals surface area contributed by atoms with Crippen molar-refractivity contribution in [3.8, 4) is 0 Å². The fourth-order valence-corrected chi connectivity index (χ4v) is 3.38. The van der Waals surface area contributed by atoms with E-state index in [2.05, 4.69) is 25.2 Å². The highest BCUT2D eigenvalue weighted by Crippen LogP contribution is 2.26. The SMILES string of the molecule is Cc1cc(Nc2nccs2)nc(C2CCCN(CCO)C2)n1. The van der Waals surface area contributed by atoms with Crippen molar-refractivity contribution >= 4 is 22.3 Å². The van der Waals surface area contributed by atoms with Crippen molar-refractivity contribution < 1.29 is 5.11 Å². The molecule has 3 rings (SSSR count). The molecule has 2 aromatic rings. The number of aryl methyl sites for hydroxylation is 1. The van der Waals surface area contributed by atoms with E-state index in [9.17, 15) is 0 Å². The molecule has 1 fully saturated rings. The van der Waals surface area contributed by atoms with Gasteiger partial charge in [0.05, 0.1) is 6.61 Å². The number of likely N-dealkylation sites (tertiary alicyclic amines) is 1. The van der Waals surface area contributed by atoms with Gasteiger partial charge in [0.1, 0.15) is 11.6 Å². The fourth-order valence-electron chi connectivity index (χ4n) is 2.84. The van der Waals surface area contributed by atoms with Gasteiger partial charge in [-0.25, -0.2) is 15.0 Å². The van der Waals surface area contributed by atoms with Crippen LogP contribution in [-0.4, -0.2) is 51.2 Å². The Labute approximate surface area is 134 Å². The number of β-amino-alcohol motifs (C(OH)–C–C–N with tert-alkyl or cyclic N) is 1. The summed E-state index contributed by atoms with van der Waals surface area (Å²) in [6.45, 7) is 4.89. The summed E-state index contributed by atoms with van der Waals surface area (Å²) >= 11 is 1.55. The molecule has 2 aromatic heterocycles. The van der Waals surface area contributed by atoms with Gasteiger partial charge in [-0.2, -0.15) is 0 Å². The number of aromatic nitrogens is 3. The summed E-state index contributed by atoms with van der Waals surface area (Å²) in [7, 11) is 0. The molecular formula is C15H21N5OS.